The van der Waals surface area contributed by atoms with Crippen LogP contribution in [0.5, 0.6) is 0 Å². The molecule has 0 aromatic heterocycles. The number of anilines is 1. The topological polar surface area (TPSA) is 130 Å². The van der Waals surface area contributed by atoms with Crippen LogP contribution >= 0.6 is 0 Å². The Labute approximate surface area is 212 Å². The average molecular weight is 519 g/mol. The molecule has 11 heteroatoms. The van der Waals surface area contributed by atoms with Gasteiger partial charge in [-0.05, 0) is 31.4 Å². The Morgan fingerprint density at radius 2 is 1.81 bits per heavy atom. The first-order valence-corrected chi connectivity index (χ1v) is 13.7. The SMILES string of the molecule is CCCCNC(=O)C(CC)N(Cc1cccc(C)c1)C(=O)CN(c1cccc([N+](=O)[O-])c1)S(C)(=O)=O. The van der Waals surface area contributed by atoms with Crippen molar-refractivity contribution in [3.05, 3.63) is 69.8 Å². The van der Waals surface area contributed by atoms with Crippen molar-refractivity contribution in [1.82, 2.24) is 10.2 Å². The zero-order valence-electron chi connectivity index (χ0n) is 21.1. The predicted molar refractivity (Wildman–Crippen MR) is 139 cm³/mol. The van der Waals surface area contributed by atoms with Crippen LogP contribution in [0.4, 0.5) is 11.4 Å². The Morgan fingerprint density at radius 3 is 2.39 bits per heavy atom. The van der Waals surface area contributed by atoms with Crippen molar-refractivity contribution in [3.63, 3.8) is 0 Å². The molecule has 2 rings (SSSR count). The number of aryl methyl sites for hydroxylation is 1. The number of carbonyl (C=O) groups excluding carboxylic acids is 2. The molecule has 0 saturated heterocycles. The number of hydrogen-bond acceptors (Lipinski definition) is 6. The molecule has 0 aliphatic rings. The van der Waals surface area contributed by atoms with Gasteiger partial charge in [-0.25, -0.2) is 8.42 Å². The van der Waals surface area contributed by atoms with Crippen molar-refractivity contribution in [3.8, 4) is 0 Å². The molecule has 0 radical (unpaired) electrons. The van der Waals surface area contributed by atoms with Crippen molar-refractivity contribution >= 4 is 33.2 Å². The molecule has 196 valence electrons. The van der Waals surface area contributed by atoms with Gasteiger partial charge in [0.25, 0.3) is 5.69 Å². The summed E-state index contributed by atoms with van der Waals surface area (Å²) in [4.78, 5) is 38.6. The number of sulfonamides is 1. The number of nitro groups is 1. The third-order valence-corrected chi connectivity index (χ3v) is 6.80. The van der Waals surface area contributed by atoms with Crippen molar-refractivity contribution < 1.29 is 22.9 Å². The summed E-state index contributed by atoms with van der Waals surface area (Å²) in [5.41, 5.74) is 1.47. The largest absolute Gasteiger partial charge is 0.354 e. The first-order valence-electron chi connectivity index (χ1n) is 11.8. The number of non-ortho nitro benzene ring substituents is 1. The van der Waals surface area contributed by atoms with Crippen LogP contribution in [0.15, 0.2) is 48.5 Å². The highest BCUT2D eigenvalue weighted by atomic mass is 32.2. The summed E-state index contributed by atoms with van der Waals surface area (Å²) in [6, 6.07) is 11.8. The van der Waals surface area contributed by atoms with Crippen LogP contribution < -0.4 is 9.62 Å². The Hall–Kier alpha value is -3.47. The van der Waals surface area contributed by atoms with E-state index in [1.165, 1.54) is 23.1 Å². The van der Waals surface area contributed by atoms with E-state index in [1.807, 2.05) is 38.1 Å². The number of carbonyl (C=O) groups is 2. The smallest absolute Gasteiger partial charge is 0.271 e. The van der Waals surface area contributed by atoms with E-state index < -0.39 is 33.4 Å². The molecule has 1 N–H and O–H groups in total. The monoisotopic (exact) mass is 518 g/mol. The third-order valence-electron chi connectivity index (χ3n) is 5.66. The van der Waals surface area contributed by atoms with Crippen LogP contribution in [-0.4, -0.2) is 55.4 Å². The van der Waals surface area contributed by atoms with Gasteiger partial charge in [-0.15, -0.1) is 0 Å². The minimum absolute atomic E-state index is 0.00370. The van der Waals surface area contributed by atoms with E-state index >= 15 is 0 Å². The maximum absolute atomic E-state index is 13.6. The molecule has 0 heterocycles. The molecule has 0 bridgehead atoms. The highest BCUT2D eigenvalue weighted by molar-refractivity contribution is 7.92. The molecule has 0 spiro atoms. The fourth-order valence-electron chi connectivity index (χ4n) is 3.81. The van der Waals surface area contributed by atoms with Crippen molar-refractivity contribution in [2.75, 3.05) is 23.7 Å². The lowest BCUT2D eigenvalue weighted by atomic mass is 10.1. The van der Waals surface area contributed by atoms with E-state index in [-0.39, 0.29) is 23.8 Å². The summed E-state index contributed by atoms with van der Waals surface area (Å²) in [5, 5.41) is 14.1. The highest BCUT2D eigenvalue weighted by Crippen LogP contribution is 2.24. The zero-order chi connectivity index (χ0) is 26.9. The van der Waals surface area contributed by atoms with Gasteiger partial charge in [0.05, 0.1) is 16.9 Å². The van der Waals surface area contributed by atoms with Gasteiger partial charge in [-0.2, -0.15) is 0 Å². The molecule has 2 aromatic carbocycles. The van der Waals surface area contributed by atoms with Gasteiger partial charge < -0.3 is 10.2 Å². The van der Waals surface area contributed by atoms with E-state index in [2.05, 4.69) is 5.32 Å². The standard InChI is InChI=1S/C25H34N4O6S/c1-5-7-14-26-25(31)23(6-2)27(17-20-11-8-10-19(3)15-20)24(30)18-28(36(4,34)35)21-12-9-13-22(16-21)29(32)33/h8-13,15-16,23H,5-7,14,17-18H2,1-4H3,(H,26,31). The lowest BCUT2D eigenvalue weighted by Crippen LogP contribution is -2.52. The number of benzene rings is 2. The molecule has 2 amide bonds. The Balaban J connectivity index is 2.44. The fraction of sp³-hybridized carbons (Fsp3) is 0.440. The van der Waals surface area contributed by atoms with Gasteiger partial charge in [-0.3, -0.25) is 24.0 Å². The van der Waals surface area contributed by atoms with Gasteiger partial charge in [0.1, 0.15) is 12.6 Å². The molecular formula is C25H34N4O6S. The second-order valence-electron chi connectivity index (χ2n) is 8.63. The minimum Gasteiger partial charge on any atom is -0.354 e. The normalized spacial score (nSPS) is 12.0. The summed E-state index contributed by atoms with van der Waals surface area (Å²) in [6.07, 6.45) is 2.95. The van der Waals surface area contributed by atoms with Gasteiger partial charge >= 0.3 is 0 Å². The van der Waals surface area contributed by atoms with Gasteiger partial charge in [0, 0.05) is 25.2 Å². The van der Waals surface area contributed by atoms with E-state index in [9.17, 15) is 28.1 Å². The number of amides is 2. The molecule has 0 aliphatic heterocycles. The predicted octanol–water partition coefficient (Wildman–Crippen LogP) is 3.39. The number of nitrogens with one attached hydrogen (secondary N) is 1. The van der Waals surface area contributed by atoms with Crippen LogP contribution in [0.1, 0.15) is 44.2 Å². The lowest BCUT2D eigenvalue weighted by Gasteiger charge is -2.33. The summed E-state index contributed by atoms with van der Waals surface area (Å²) in [7, 11) is -3.98. The first-order chi connectivity index (χ1) is 17.0. The number of nitro benzene ring substituents is 1. The molecule has 36 heavy (non-hydrogen) atoms. The van der Waals surface area contributed by atoms with Crippen LogP contribution in [0.2, 0.25) is 0 Å². The Bertz CT molecular complexity index is 1180. The van der Waals surface area contributed by atoms with Crippen LogP contribution in [0, 0.1) is 17.0 Å². The van der Waals surface area contributed by atoms with Crippen molar-refractivity contribution in [1.29, 1.82) is 0 Å². The molecule has 0 fully saturated rings. The molecule has 0 saturated carbocycles. The maximum atomic E-state index is 13.6. The zero-order valence-corrected chi connectivity index (χ0v) is 22.0. The molecule has 1 atom stereocenters. The molecular weight excluding hydrogens is 484 g/mol. The maximum Gasteiger partial charge on any atom is 0.271 e. The van der Waals surface area contributed by atoms with Gasteiger partial charge in [0.15, 0.2) is 0 Å². The number of rotatable bonds is 13. The van der Waals surface area contributed by atoms with Crippen LogP contribution in [-0.2, 0) is 26.2 Å². The van der Waals surface area contributed by atoms with Crippen LogP contribution in [0.25, 0.3) is 0 Å². The number of hydrogen-bond donors (Lipinski definition) is 1. The lowest BCUT2D eigenvalue weighted by molar-refractivity contribution is -0.384. The summed E-state index contributed by atoms with van der Waals surface area (Å²) < 4.78 is 26.1. The summed E-state index contributed by atoms with van der Waals surface area (Å²) in [6.45, 7) is 5.68. The van der Waals surface area contributed by atoms with Crippen LogP contribution in [0.3, 0.4) is 0 Å². The van der Waals surface area contributed by atoms with Gasteiger partial charge in [-0.1, -0.05) is 56.2 Å². The second-order valence-corrected chi connectivity index (χ2v) is 10.5. The quantitative estimate of drug-likeness (QED) is 0.246. The first kappa shape index (κ1) is 28.8. The second kappa shape index (κ2) is 13.0. The van der Waals surface area contributed by atoms with Crippen molar-refractivity contribution in [2.45, 2.75) is 52.6 Å². The summed E-state index contributed by atoms with van der Waals surface area (Å²) in [5.74, 6) is -0.904. The molecule has 0 aliphatic carbocycles. The molecule has 2 aromatic rings. The van der Waals surface area contributed by atoms with E-state index in [1.54, 1.807) is 6.92 Å². The Kier molecular flexibility index (Phi) is 10.4. The number of unbranched alkanes of at least 4 members (excludes halogenated alkanes) is 1. The number of nitrogens with zero attached hydrogens (tertiary/aromatic N) is 3. The van der Waals surface area contributed by atoms with E-state index in [0.717, 1.165) is 40.6 Å². The van der Waals surface area contributed by atoms with Crippen molar-refractivity contribution in [2.24, 2.45) is 0 Å². The third kappa shape index (κ3) is 8.04. The van der Waals surface area contributed by atoms with Gasteiger partial charge in [0.2, 0.25) is 21.8 Å². The molecule has 1 unspecified atom stereocenters. The Morgan fingerprint density at radius 1 is 1.11 bits per heavy atom. The fourth-order valence-corrected chi connectivity index (χ4v) is 4.65. The van der Waals surface area contributed by atoms with E-state index in [4.69, 9.17) is 0 Å². The minimum atomic E-state index is -3.98. The highest BCUT2D eigenvalue weighted by Gasteiger charge is 2.32. The molecule has 10 nitrogen and oxygen atoms in total. The van der Waals surface area contributed by atoms with E-state index in [0.29, 0.717) is 13.0 Å². The summed E-state index contributed by atoms with van der Waals surface area (Å²) >= 11 is 0. The average Bonchev–Trinajstić information content (AvgIpc) is 2.81.